The number of nitrogens with zero attached hydrogens (tertiary/aromatic N) is 2. The second-order valence-corrected chi connectivity index (χ2v) is 9.27. The summed E-state index contributed by atoms with van der Waals surface area (Å²) in [6.07, 6.45) is 1.52. The third-order valence-electron chi connectivity index (χ3n) is 3.73. The van der Waals surface area contributed by atoms with Crippen LogP contribution in [0.3, 0.4) is 0 Å². The highest BCUT2D eigenvalue weighted by atomic mass is 32.2. The van der Waals surface area contributed by atoms with Gasteiger partial charge in [-0.15, -0.1) is 11.3 Å². The second kappa shape index (κ2) is 8.89. The molecule has 0 spiro atoms. The van der Waals surface area contributed by atoms with Crippen molar-refractivity contribution in [1.29, 1.82) is 0 Å². The quantitative estimate of drug-likeness (QED) is 0.466. The topological polar surface area (TPSA) is 59.5 Å². The van der Waals surface area contributed by atoms with Crippen molar-refractivity contribution in [1.82, 2.24) is 4.98 Å². The molecule has 0 N–H and O–H groups in total. The van der Waals surface area contributed by atoms with Gasteiger partial charge in [0, 0.05) is 11.6 Å². The highest BCUT2D eigenvalue weighted by Gasteiger charge is 2.27. The van der Waals surface area contributed by atoms with Crippen LogP contribution < -0.4 is 9.04 Å². The molecule has 0 bridgehead atoms. The maximum absolute atomic E-state index is 13.2. The van der Waals surface area contributed by atoms with Crippen molar-refractivity contribution in [3.63, 3.8) is 0 Å². The van der Waals surface area contributed by atoms with E-state index >= 15 is 0 Å². The van der Waals surface area contributed by atoms with E-state index < -0.39 is 15.8 Å². The lowest BCUT2D eigenvalue weighted by atomic mass is 10.2. The van der Waals surface area contributed by atoms with Gasteiger partial charge in [0.05, 0.1) is 23.4 Å². The number of halogens is 2. The van der Waals surface area contributed by atoms with E-state index in [0.29, 0.717) is 22.5 Å². The van der Waals surface area contributed by atoms with E-state index in [0.717, 1.165) is 0 Å². The van der Waals surface area contributed by atoms with Crippen molar-refractivity contribution < 1.29 is 21.9 Å². The molecule has 0 saturated carbocycles. The first kappa shape index (κ1) is 20.6. The molecule has 0 fully saturated rings. The van der Waals surface area contributed by atoms with Crippen LogP contribution in [0.2, 0.25) is 0 Å². The fraction of sp³-hybridized carbons (Fsp3) is 0.167. The minimum Gasteiger partial charge on any atom is -0.496 e. The Balaban J connectivity index is 1.98. The molecule has 28 heavy (non-hydrogen) atoms. The van der Waals surface area contributed by atoms with Crippen LogP contribution in [0.25, 0.3) is 0 Å². The molecular formula is C18H16F2N2O3S3. The number of rotatable bonds is 8. The SMILES string of the molecule is COc1cc(CN(c2nccs2)S(=O)(=O)c2ccccc2)ccc1SC(F)F. The lowest BCUT2D eigenvalue weighted by Gasteiger charge is -2.22. The molecule has 0 radical (unpaired) electrons. The minimum absolute atomic E-state index is 0.0132. The minimum atomic E-state index is -3.86. The summed E-state index contributed by atoms with van der Waals surface area (Å²) in [5.41, 5.74) is 0.588. The van der Waals surface area contributed by atoms with Gasteiger partial charge in [0.2, 0.25) is 0 Å². The Labute approximate surface area is 170 Å². The number of benzene rings is 2. The monoisotopic (exact) mass is 442 g/mol. The molecule has 0 amide bonds. The van der Waals surface area contributed by atoms with E-state index in [1.165, 1.54) is 47.1 Å². The van der Waals surface area contributed by atoms with Crippen LogP contribution in [-0.4, -0.2) is 26.3 Å². The molecule has 0 aliphatic rings. The summed E-state index contributed by atoms with van der Waals surface area (Å²) >= 11 is 1.57. The third-order valence-corrected chi connectivity index (χ3v) is 7.16. The lowest BCUT2D eigenvalue weighted by molar-refractivity contribution is 0.251. The highest BCUT2D eigenvalue weighted by molar-refractivity contribution is 7.99. The summed E-state index contributed by atoms with van der Waals surface area (Å²) < 4.78 is 58.1. The van der Waals surface area contributed by atoms with Gasteiger partial charge < -0.3 is 4.74 Å². The molecule has 0 atom stereocenters. The number of ether oxygens (including phenoxy) is 1. The molecular weight excluding hydrogens is 426 g/mol. The predicted molar refractivity (Wildman–Crippen MR) is 107 cm³/mol. The van der Waals surface area contributed by atoms with Crippen LogP contribution in [0.4, 0.5) is 13.9 Å². The maximum Gasteiger partial charge on any atom is 0.289 e. The summed E-state index contributed by atoms with van der Waals surface area (Å²) in [6.45, 7) is -0.0132. The summed E-state index contributed by atoms with van der Waals surface area (Å²) in [6, 6.07) is 12.7. The largest absolute Gasteiger partial charge is 0.496 e. The molecule has 2 aromatic carbocycles. The Morgan fingerprint density at radius 3 is 2.57 bits per heavy atom. The van der Waals surface area contributed by atoms with Crippen LogP contribution >= 0.6 is 23.1 Å². The van der Waals surface area contributed by atoms with E-state index in [9.17, 15) is 17.2 Å². The number of aromatic nitrogens is 1. The Bertz CT molecular complexity index is 1010. The van der Waals surface area contributed by atoms with E-state index in [-0.39, 0.29) is 22.1 Å². The molecule has 3 rings (SSSR count). The number of anilines is 1. The van der Waals surface area contributed by atoms with Crippen molar-refractivity contribution >= 4 is 38.3 Å². The van der Waals surface area contributed by atoms with Gasteiger partial charge in [-0.3, -0.25) is 0 Å². The summed E-state index contributed by atoms with van der Waals surface area (Å²) in [4.78, 5) is 4.56. The molecule has 0 aliphatic heterocycles. The number of alkyl halides is 2. The summed E-state index contributed by atoms with van der Waals surface area (Å²) in [5.74, 6) is -2.32. The van der Waals surface area contributed by atoms with Gasteiger partial charge in [0.25, 0.3) is 15.8 Å². The van der Waals surface area contributed by atoms with Crippen LogP contribution in [0.5, 0.6) is 5.75 Å². The Kier molecular flexibility index (Phi) is 6.53. The average molecular weight is 443 g/mol. The van der Waals surface area contributed by atoms with Crippen LogP contribution in [0.1, 0.15) is 5.56 Å². The van der Waals surface area contributed by atoms with Crippen LogP contribution in [0, 0.1) is 0 Å². The number of thioether (sulfide) groups is 1. The van der Waals surface area contributed by atoms with Gasteiger partial charge in [0.15, 0.2) is 5.13 Å². The zero-order chi connectivity index (χ0) is 20.1. The molecule has 1 heterocycles. The van der Waals surface area contributed by atoms with E-state index in [4.69, 9.17) is 4.74 Å². The van der Waals surface area contributed by atoms with Crippen molar-refractivity contribution in [3.8, 4) is 5.75 Å². The first-order valence-corrected chi connectivity index (χ1v) is 11.2. The fourth-order valence-electron chi connectivity index (χ4n) is 2.48. The molecule has 1 aromatic heterocycles. The highest BCUT2D eigenvalue weighted by Crippen LogP contribution is 2.35. The standard InChI is InChI=1S/C18H16F2N2O3S3/c1-25-15-11-13(7-8-16(15)27-17(19)20)12-22(18-21-9-10-26-18)28(23,24)14-5-3-2-4-6-14/h2-11,17H,12H2,1H3. The summed E-state index contributed by atoms with van der Waals surface area (Å²) in [7, 11) is -2.47. The average Bonchev–Trinajstić information content (AvgIpc) is 3.21. The molecule has 0 aliphatic carbocycles. The summed E-state index contributed by atoms with van der Waals surface area (Å²) in [5, 5.41) is 2.00. The molecule has 5 nitrogen and oxygen atoms in total. The van der Waals surface area contributed by atoms with Crippen molar-refractivity contribution in [3.05, 3.63) is 65.7 Å². The normalized spacial score (nSPS) is 11.6. The number of thiazole rings is 1. The first-order chi connectivity index (χ1) is 13.4. The second-order valence-electron chi connectivity index (χ2n) is 5.50. The number of sulfonamides is 1. The molecule has 148 valence electrons. The smallest absolute Gasteiger partial charge is 0.289 e. The predicted octanol–water partition coefficient (Wildman–Crippen LogP) is 4.86. The van der Waals surface area contributed by atoms with E-state index in [2.05, 4.69) is 4.98 Å². The maximum atomic E-state index is 13.2. The number of hydrogen-bond donors (Lipinski definition) is 0. The zero-order valence-electron chi connectivity index (χ0n) is 14.7. The van der Waals surface area contributed by atoms with Crippen molar-refractivity contribution in [2.24, 2.45) is 0 Å². The first-order valence-electron chi connectivity index (χ1n) is 8.01. The molecule has 3 aromatic rings. The van der Waals surface area contributed by atoms with Gasteiger partial charge in [-0.05, 0) is 29.8 Å². The Morgan fingerprint density at radius 1 is 1.21 bits per heavy atom. The fourth-order valence-corrected chi connectivity index (χ4v) is 5.38. The van der Waals surface area contributed by atoms with Gasteiger partial charge in [0.1, 0.15) is 5.75 Å². The van der Waals surface area contributed by atoms with Gasteiger partial charge >= 0.3 is 0 Å². The number of hydrogen-bond acceptors (Lipinski definition) is 6. The van der Waals surface area contributed by atoms with Crippen molar-refractivity contribution in [2.75, 3.05) is 11.4 Å². The number of methoxy groups -OCH3 is 1. The van der Waals surface area contributed by atoms with Gasteiger partial charge in [-0.1, -0.05) is 36.0 Å². The zero-order valence-corrected chi connectivity index (χ0v) is 17.1. The Hall–Kier alpha value is -2.17. The van der Waals surface area contributed by atoms with Crippen LogP contribution in [0.15, 0.2) is 69.9 Å². The van der Waals surface area contributed by atoms with Gasteiger partial charge in [-0.25, -0.2) is 17.7 Å². The molecule has 0 unspecified atom stereocenters. The van der Waals surface area contributed by atoms with E-state index in [1.54, 1.807) is 35.7 Å². The van der Waals surface area contributed by atoms with Gasteiger partial charge in [-0.2, -0.15) is 8.78 Å². The molecule has 10 heteroatoms. The van der Waals surface area contributed by atoms with Crippen molar-refractivity contribution in [2.45, 2.75) is 22.1 Å². The molecule has 0 saturated heterocycles. The van der Waals surface area contributed by atoms with Crippen LogP contribution in [-0.2, 0) is 16.6 Å². The Morgan fingerprint density at radius 2 is 1.96 bits per heavy atom. The lowest BCUT2D eigenvalue weighted by Crippen LogP contribution is -2.30. The van der Waals surface area contributed by atoms with E-state index in [1.807, 2.05) is 0 Å². The third kappa shape index (κ3) is 4.62.